The summed E-state index contributed by atoms with van der Waals surface area (Å²) >= 11 is 0. The van der Waals surface area contributed by atoms with Crippen molar-refractivity contribution in [1.82, 2.24) is 15.1 Å². The number of nitrogens with zero attached hydrogens (tertiary/aromatic N) is 2. The molecule has 0 saturated carbocycles. The van der Waals surface area contributed by atoms with Gasteiger partial charge in [-0.1, -0.05) is 11.6 Å². The molecule has 4 heteroatoms. The Bertz CT molecular complexity index is 741. The second kappa shape index (κ2) is 7.47. The van der Waals surface area contributed by atoms with E-state index < -0.39 is 0 Å². The van der Waals surface area contributed by atoms with Gasteiger partial charge in [-0.3, -0.25) is 4.79 Å². The van der Waals surface area contributed by atoms with Crippen molar-refractivity contribution in [2.45, 2.75) is 46.0 Å². The van der Waals surface area contributed by atoms with E-state index in [0.29, 0.717) is 12.1 Å². The number of carbonyl (C=O) groups excluding carboxylic acids is 1. The quantitative estimate of drug-likeness (QED) is 0.842. The molecule has 1 amide bonds. The van der Waals surface area contributed by atoms with Gasteiger partial charge < -0.3 is 5.32 Å². The monoisotopic (exact) mass is 323 g/mol. The van der Waals surface area contributed by atoms with Crippen LogP contribution >= 0.6 is 0 Å². The van der Waals surface area contributed by atoms with E-state index in [9.17, 15) is 4.79 Å². The Labute approximate surface area is 143 Å². The van der Waals surface area contributed by atoms with Crippen LogP contribution in [0.2, 0.25) is 0 Å². The van der Waals surface area contributed by atoms with E-state index in [1.807, 2.05) is 48.9 Å². The first-order valence-corrected chi connectivity index (χ1v) is 8.73. The summed E-state index contributed by atoms with van der Waals surface area (Å²) in [7, 11) is 0. The Morgan fingerprint density at radius 2 is 2.00 bits per heavy atom. The SMILES string of the molecule is Cc1cc(C)n(-c2ccc(C(=O)NCCC3=CCCCC3)cc2)n1. The van der Waals surface area contributed by atoms with Crippen LogP contribution < -0.4 is 5.32 Å². The molecule has 1 aromatic heterocycles. The molecule has 0 bridgehead atoms. The van der Waals surface area contributed by atoms with Crippen LogP contribution in [-0.2, 0) is 0 Å². The molecule has 24 heavy (non-hydrogen) atoms. The molecule has 0 radical (unpaired) electrons. The highest BCUT2D eigenvalue weighted by Gasteiger charge is 2.08. The zero-order valence-electron chi connectivity index (χ0n) is 14.5. The molecule has 0 unspecified atom stereocenters. The number of allylic oxidation sites excluding steroid dienone is 1. The topological polar surface area (TPSA) is 46.9 Å². The molecule has 1 aromatic carbocycles. The number of amides is 1. The van der Waals surface area contributed by atoms with Crippen molar-refractivity contribution in [3.8, 4) is 5.69 Å². The number of rotatable bonds is 5. The van der Waals surface area contributed by atoms with Crippen molar-refractivity contribution in [2.75, 3.05) is 6.54 Å². The molecule has 0 fully saturated rings. The number of hydrogen-bond acceptors (Lipinski definition) is 2. The fraction of sp³-hybridized carbons (Fsp3) is 0.400. The molecule has 4 nitrogen and oxygen atoms in total. The lowest BCUT2D eigenvalue weighted by Gasteiger charge is -2.13. The molecular weight excluding hydrogens is 298 g/mol. The van der Waals surface area contributed by atoms with Crippen LogP contribution in [0.5, 0.6) is 0 Å². The van der Waals surface area contributed by atoms with Gasteiger partial charge in [0, 0.05) is 17.8 Å². The van der Waals surface area contributed by atoms with E-state index >= 15 is 0 Å². The summed E-state index contributed by atoms with van der Waals surface area (Å²) in [5, 5.41) is 7.48. The van der Waals surface area contributed by atoms with Gasteiger partial charge in [-0.15, -0.1) is 0 Å². The minimum Gasteiger partial charge on any atom is -0.352 e. The van der Waals surface area contributed by atoms with Gasteiger partial charge in [0.15, 0.2) is 0 Å². The van der Waals surface area contributed by atoms with Crippen molar-refractivity contribution < 1.29 is 4.79 Å². The summed E-state index contributed by atoms with van der Waals surface area (Å²) in [6.45, 7) is 4.72. The predicted octanol–water partition coefficient (Wildman–Crippen LogP) is 4.11. The summed E-state index contributed by atoms with van der Waals surface area (Å²) < 4.78 is 1.90. The van der Waals surface area contributed by atoms with E-state index in [4.69, 9.17) is 0 Å². The van der Waals surface area contributed by atoms with Crippen LogP contribution in [0.25, 0.3) is 5.69 Å². The number of benzene rings is 1. The largest absolute Gasteiger partial charge is 0.352 e. The zero-order valence-corrected chi connectivity index (χ0v) is 14.5. The van der Waals surface area contributed by atoms with Gasteiger partial charge in [0.05, 0.1) is 11.4 Å². The Kier molecular flexibility index (Phi) is 5.14. The normalized spacial score (nSPS) is 14.3. The molecule has 1 aliphatic rings. The molecule has 0 aliphatic heterocycles. The first kappa shape index (κ1) is 16.5. The minimum absolute atomic E-state index is 0.00803. The summed E-state index contributed by atoms with van der Waals surface area (Å²) in [6, 6.07) is 9.65. The lowest BCUT2D eigenvalue weighted by molar-refractivity contribution is 0.0954. The van der Waals surface area contributed by atoms with Crippen LogP contribution in [-0.4, -0.2) is 22.2 Å². The van der Waals surface area contributed by atoms with E-state index in [1.165, 1.54) is 31.3 Å². The second-order valence-electron chi connectivity index (χ2n) is 6.50. The average Bonchev–Trinajstić information content (AvgIpc) is 2.94. The minimum atomic E-state index is -0.00803. The van der Waals surface area contributed by atoms with Crippen molar-refractivity contribution in [3.63, 3.8) is 0 Å². The Hall–Kier alpha value is -2.36. The molecule has 0 saturated heterocycles. The maximum atomic E-state index is 12.3. The summed E-state index contributed by atoms with van der Waals surface area (Å²) in [4.78, 5) is 12.3. The van der Waals surface area contributed by atoms with E-state index in [-0.39, 0.29) is 5.91 Å². The Balaban J connectivity index is 1.57. The third kappa shape index (κ3) is 3.94. The Morgan fingerprint density at radius 1 is 1.21 bits per heavy atom. The zero-order chi connectivity index (χ0) is 16.9. The van der Waals surface area contributed by atoms with Crippen LogP contribution in [0.4, 0.5) is 0 Å². The van der Waals surface area contributed by atoms with Crippen LogP contribution in [0, 0.1) is 13.8 Å². The number of aryl methyl sites for hydroxylation is 2. The molecular formula is C20H25N3O. The van der Waals surface area contributed by atoms with Gasteiger partial charge in [-0.2, -0.15) is 5.10 Å². The highest BCUT2D eigenvalue weighted by atomic mass is 16.1. The van der Waals surface area contributed by atoms with Gasteiger partial charge >= 0.3 is 0 Å². The van der Waals surface area contributed by atoms with E-state index in [2.05, 4.69) is 16.5 Å². The highest BCUT2D eigenvalue weighted by molar-refractivity contribution is 5.94. The third-order valence-electron chi connectivity index (χ3n) is 4.50. The molecule has 1 N–H and O–H groups in total. The number of aromatic nitrogens is 2. The van der Waals surface area contributed by atoms with Gasteiger partial charge in [0.25, 0.3) is 5.91 Å². The summed E-state index contributed by atoms with van der Waals surface area (Å²) in [5.74, 6) is -0.00803. The molecule has 3 rings (SSSR count). The molecule has 1 heterocycles. The number of carbonyl (C=O) groups is 1. The standard InChI is InChI=1S/C20H25N3O/c1-15-14-16(2)23(22-15)19-10-8-18(9-11-19)20(24)21-13-12-17-6-4-3-5-7-17/h6,8-11,14H,3-5,7,12-13H2,1-2H3,(H,21,24). The smallest absolute Gasteiger partial charge is 0.251 e. The van der Waals surface area contributed by atoms with E-state index in [1.54, 1.807) is 0 Å². The number of nitrogens with one attached hydrogen (secondary N) is 1. The summed E-state index contributed by atoms with van der Waals surface area (Å²) in [5.41, 5.74) is 5.24. The Morgan fingerprint density at radius 3 is 2.62 bits per heavy atom. The lowest BCUT2D eigenvalue weighted by Crippen LogP contribution is -2.24. The van der Waals surface area contributed by atoms with Crippen LogP contribution in [0.1, 0.15) is 53.8 Å². The maximum absolute atomic E-state index is 12.3. The van der Waals surface area contributed by atoms with Gasteiger partial charge in [0.2, 0.25) is 0 Å². The highest BCUT2D eigenvalue weighted by Crippen LogP contribution is 2.19. The van der Waals surface area contributed by atoms with Crippen molar-refractivity contribution in [2.24, 2.45) is 0 Å². The molecule has 1 aliphatic carbocycles. The van der Waals surface area contributed by atoms with Gasteiger partial charge in [-0.25, -0.2) is 4.68 Å². The summed E-state index contributed by atoms with van der Waals surface area (Å²) in [6.07, 6.45) is 8.27. The third-order valence-corrected chi connectivity index (χ3v) is 4.50. The molecule has 0 spiro atoms. The first-order valence-electron chi connectivity index (χ1n) is 8.73. The van der Waals surface area contributed by atoms with Crippen molar-refractivity contribution >= 4 is 5.91 Å². The molecule has 0 atom stereocenters. The average molecular weight is 323 g/mol. The van der Waals surface area contributed by atoms with E-state index in [0.717, 1.165) is 23.5 Å². The van der Waals surface area contributed by atoms with Crippen LogP contribution in [0.3, 0.4) is 0 Å². The van der Waals surface area contributed by atoms with Crippen molar-refractivity contribution in [1.29, 1.82) is 0 Å². The maximum Gasteiger partial charge on any atom is 0.251 e. The predicted molar refractivity (Wildman–Crippen MR) is 96.5 cm³/mol. The van der Waals surface area contributed by atoms with Gasteiger partial charge in [0.1, 0.15) is 0 Å². The lowest BCUT2D eigenvalue weighted by atomic mass is 9.97. The van der Waals surface area contributed by atoms with Crippen LogP contribution in [0.15, 0.2) is 42.0 Å². The fourth-order valence-electron chi connectivity index (χ4n) is 3.21. The molecule has 2 aromatic rings. The second-order valence-corrected chi connectivity index (χ2v) is 6.50. The first-order chi connectivity index (χ1) is 11.6. The number of hydrogen-bond donors (Lipinski definition) is 1. The fourth-order valence-corrected chi connectivity index (χ4v) is 3.21. The van der Waals surface area contributed by atoms with Crippen molar-refractivity contribution in [3.05, 3.63) is 58.9 Å². The van der Waals surface area contributed by atoms with Gasteiger partial charge in [-0.05, 0) is 76.3 Å². The molecule has 126 valence electrons.